The molecular weight excluding hydrogens is 469 g/mol. The number of ether oxygens (including phenoxy) is 1. The molecule has 0 saturated carbocycles. The van der Waals surface area contributed by atoms with Gasteiger partial charge in [0.05, 0.1) is 21.2 Å². The van der Waals surface area contributed by atoms with Crippen molar-refractivity contribution in [2.75, 3.05) is 5.32 Å². The van der Waals surface area contributed by atoms with Gasteiger partial charge in [0.1, 0.15) is 5.75 Å². The van der Waals surface area contributed by atoms with E-state index in [4.69, 9.17) is 5.14 Å². The maximum atomic E-state index is 12.6. The van der Waals surface area contributed by atoms with Crippen molar-refractivity contribution in [3.05, 3.63) is 42.5 Å². The van der Waals surface area contributed by atoms with E-state index in [1.807, 2.05) is 11.5 Å². The molecule has 172 valence electrons. The number of imidazole rings is 1. The Balaban J connectivity index is 1.74. The SMILES string of the molecule is CCn1c(SC(C)C(=O)Nc2ccc(OC(F)(F)F)cc2)nc2cc(S(N)(=O)=O)ccc21. The number of fused-ring (bicyclic) bond motifs is 1. The van der Waals surface area contributed by atoms with Crippen molar-refractivity contribution in [2.45, 2.75) is 42.1 Å². The summed E-state index contributed by atoms with van der Waals surface area (Å²) < 4.78 is 65.5. The van der Waals surface area contributed by atoms with E-state index in [1.165, 1.54) is 24.3 Å². The first kappa shape index (κ1) is 23.9. The molecule has 3 rings (SSSR count). The number of amides is 1. The monoisotopic (exact) mass is 488 g/mol. The molecule has 0 aliphatic carbocycles. The Labute approximate surface area is 186 Å². The third kappa shape index (κ3) is 5.72. The van der Waals surface area contributed by atoms with Gasteiger partial charge >= 0.3 is 6.36 Å². The van der Waals surface area contributed by atoms with E-state index in [0.29, 0.717) is 28.4 Å². The maximum absolute atomic E-state index is 12.6. The molecule has 0 radical (unpaired) electrons. The van der Waals surface area contributed by atoms with Crippen LogP contribution in [0.1, 0.15) is 13.8 Å². The Kier molecular flexibility index (Phi) is 6.72. The van der Waals surface area contributed by atoms with Gasteiger partial charge in [-0.2, -0.15) is 0 Å². The van der Waals surface area contributed by atoms with Crippen LogP contribution in [-0.4, -0.2) is 35.5 Å². The normalized spacial score (nSPS) is 13.2. The van der Waals surface area contributed by atoms with Gasteiger partial charge in [-0.1, -0.05) is 11.8 Å². The number of halogens is 3. The summed E-state index contributed by atoms with van der Waals surface area (Å²) in [6.07, 6.45) is -4.80. The third-order valence-corrected chi connectivity index (χ3v) is 6.34. The lowest BCUT2D eigenvalue weighted by molar-refractivity contribution is -0.274. The summed E-state index contributed by atoms with van der Waals surface area (Å²) in [5.74, 6) is -0.784. The summed E-state index contributed by atoms with van der Waals surface area (Å²) in [6.45, 7) is 4.06. The molecule has 1 aromatic heterocycles. The van der Waals surface area contributed by atoms with Gasteiger partial charge in [-0.25, -0.2) is 18.5 Å². The molecule has 1 unspecified atom stereocenters. The number of hydrogen-bond donors (Lipinski definition) is 2. The molecule has 2 aromatic carbocycles. The number of thioether (sulfide) groups is 1. The topological polar surface area (TPSA) is 116 Å². The summed E-state index contributed by atoms with van der Waals surface area (Å²) in [6, 6.07) is 9.16. The molecule has 1 amide bonds. The number of aryl methyl sites for hydroxylation is 1. The van der Waals surface area contributed by atoms with Crippen molar-refractivity contribution in [3.63, 3.8) is 0 Å². The average Bonchev–Trinajstić information content (AvgIpc) is 3.03. The summed E-state index contributed by atoms with van der Waals surface area (Å²) >= 11 is 1.16. The number of hydrogen-bond acceptors (Lipinski definition) is 6. The van der Waals surface area contributed by atoms with Crippen molar-refractivity contribution in [1.82, 2.24) is 9.55 Å². The van der Waals surface area contributed by atoms with Crippen LogP contribution >= 0.6 is 11.8 Å². The highest BCUT2D eigenvalue weighted by molar-refractivity contribution is 8.00. The van der Waals surface area contributed by atoms with E-state index in [-0.39, 0.29) is 10.8 Å². The number of nitrogens with one attached hydrogen (secondary N) is 1. The minimum Gasteiger partial charge on any atom is -0.406 e. The van der Waals surface area contributed by atoms with E-state index in [1.54, 1.807) is 13.0 Å². The van der Waals surface area contributed by atoms with Crippen molar-refractivity contribution in [1.29, 1.82) is 0 Å². The van der Waals surface area contributed by atoms with E-state index >= 15 is 0 Å². The predicted octanol–water partition coefficient (Wildman–Crippen LogP) is 3.72. The van der Waals surface area contributed by atoms with E-state index < -0.39 is 27.4 Å². The lowest BCUT2D eigenvalue weighted by Gasteiger charge is -2.13. The first-order valence-electron chi connectivity index (χ1n) is 9.24. The zero-order valence-electron chi connectivity index (χ0n) is 16.9. The number of aromatic nitrogens is 2. The highest BCUT2D eigenvalue weighted by Crippen LogP contribution is 2.29. The smallest absolute Gasteiger partial charge is 0.406 e. The van der Waals surface area contributed by atoms with Gasteiger partial charge < -0.3 is 14.6 Å². The van der Waals surface area contributed by atoms with Crippen LogP contribution < -0.4 is 15.2 Å². The molecule has 0 spiro atoms. The zero-order chi connectivity index (χ0) is 23.7. The standard InChI is InChI=1S/C19H19F3N4O4S2/c1-3-26-16-9-8-14(32(23,28)29)10-15(16)25-18(26)31-11(2)17(27)24-12-4-6-13(7-5-12)30-19(20,21)22/h4-11H,3H2,1-2H3,(H,24,27)(H2,23,28,29). The van der Waals surface area contributed by atoms with E-state index in [0.717, 1.165) is 23.9 Å². The van der Waals surface area contributed by atoms with Crippen molar-refractivity contribution < 1.29 is 31.1 Å². The third-order valence-electron chi connectivity index (χ3n) is 4.34. The van der Waals surface area contributed by atoms with Crippen LogP contribution in [0.2, 0.25) is 0 Å². The molecule has 1 heterocycles. The van der Waals surface area contributed by atoms with Gasteiger partial charge in [-0.05, 0) is 56.3 Å². The van der Waals surface area contributed by atoms with Crippen LogP contribution in [0, 0.1) is 0 Å². The number of anilines is 1. The second-order valence-electron chi connectivity index (χ2n) is 6.66. The van der Waals surface area contributed by atoms with Crippen LogP contribution in [0.4, 0.5) is 18.9 Å². The van der Waals surface area contributed by atoms with Gasteiger partial charge in [0.25, 0.3) is 0 Å². The molecular formula is C19H19F3N4O4S2. The molecule has 3 aromatic rings. The Morgan fingerprint density at radius 1 is 1.25 bits per heavy atom. The minimum atomic E-state index is -4.80. The average molecular weight is 489 g/mol. The lowest BCUT2D eigenvalue weighted by atomic mass is 10.3. The van der Waals surface area contributed by atoms with Crippen molar-refractivity contribution in [3.8, 4) is 5.75 Å². The minimum absolute atomic E-state index is 0.0638. The largest absolute Gasteiger partial charge is 0.573 e. The number of carbonyl (C=O) groups is 1. The van der Waals surface area contributed by atoms with Crippen LogP contribution in [0.5, 0.6) is 5.75 Å². The van der Waals surface area contributed by atoms with E-state index in [9.17, 15) is 26.4 Å². The van der Waals surface area contributed by atoms with Crippen molar-refractivity contribution in [2.24, 2.45) is 5.14 Å². The summed E-state index contributed by atoms with van der Waals surface area (Å²) in [5, 5.41) is 7.69. The van der Waals surface area contributed by atoms with Crippen LogP contribution in [0.3, 0.4) is 0 Å². The molecule has 1 atom stereocenters. The Bertz CT molecular complexity index is 1240. The van der Waals surface area contributed by atoms with E-state index in [2.05, 4.69) is 15.0 Å². The molecule has 32 heavy (non-hydrogen) atoms. The highest BCUT2D eigenvalue weighted by Gasteiger charge is 2.31. The molecule has 8 nitrogen and oxygen atoms in total. The first-order valence-corrected chi connectivity index (χ1v) is 11.7. The van der Waals surface area contributed by atoms with Gasteiger partial charge in [-0.15, -0.1) is 13.2 Å². The summed E-state index contributed by atoms with van der Waals surface area (Å²) in [4.78, 5) is 16.9. The second-order valence-corrected chi connectivity index (χ2v) is 9.53. The molecule has 0 aliphatic heterocycles. The number of sulfonamides is 1. The number of benzene rings is 2. The summed E-state index contributed by atoms with van der Waals surface area (Å²) in [5.41, 5.74) is 1.42. The fourth-order valence-electron chi connectivity index (χ4n) is 2.86. The second kappa shape index (κ2) is 9.00. The molecule has 0 aliphatic rings. The number of nitrogens with zero attached hydrogens (tertiary/aromatic N) is 2. The van der Waals surface area contributed by atoms with Gasteiger partial charge in [-0.3, -0.25) is 4.79 Å². The maximum Gasteiger partial charge on any atom is 0.573 e. The zero-order valence-corrected chi connectivity index (χ0v) is 18.5. The quantitative estimate of drug-likeness (QED) is 0.490. The number of carbonyl (C=O) groups excluding carboxylic acids is 1. The fourth-order valence-corrected chi connectivity index (χ4v) is 4.38. The van der Waals surface area contributed by atoms with Gasteiger partial charge in [0.15, 0.2) is 5.16 Å². The molecule has 3 N–H and O–H groups in total. The van der Waals surface area contributed by atoms with Gasteiger partial charge in [0.2, 0.25) is 15.9 Å². The highest BCUT2D eigenvalue weighted by atomic mass is 32.2. The lowest BCUT2D eigenvalue weighted by Crippen LogP contribution is -2.23. The summed E-state index contributed by atoms with van der Waals surface area (Å²) in [7, 11) is -3.88. The molecule has 0 bridgehead atoms. The predicted molar refractivity (Wildman–Crippen MR) is 114 cm³/mol. The molecule has 13 heteroatoms. The molecule has 0 saturated heterocycles. The first-order chi connectivity index (χ1) is 14.9. The fraction of sp³-hybridized carbons (Fsp3) is 0.263. The van der Waals surface area contributed by atoms with Crippen LogP contribution in [0.25, 0.3) is 11.0 Å². The Morgan fingerprint density at radius 2 is 1.91 bits per heavy atom. The van der Waals surface area contributed by atoms with Crippen molar-refractivity contribution >= 4 is 44.4 Å². The number of primary sulfonamides is 1. The van der Waals surface area contributed by atoms with Crippen LogP contribution in [0.15, 0.2) is 52.5 Å². The number of nitrogens with two attached hydrogens (primary N) is 1. The van der Waals surface area contributed by atoms with Gasteiger partial charge in [0, 0.05) is 12.2 Å². The Morgan fingerprint density at radius 3 is 2.47 bits per heavy atom. The number of rotatable bonds is 7. The molecule has 0 fully saturated rings. The number of alkyl halides is 3. The Hall–Kier alpha value is -2.77. The van der Waals surface area contributed by atoms with Crippen LogP contribution in [-0.2, 0) is 21.4 Å².